The van der Waals surface area contributed by atoms with Crippen LogP contribution in [0, 0.1) is 6.92 Å². The molecule has 0 bridgehead atoms. The van der Waals surface area contributed by atoms with Crippen molar-refractivity contribution in [3.05, 3.63) is 225 Å². The molecule has 454 valence electrons. The van der Waals surface area contributed by atoms with Gasteiger partial charge >= 0.3 is 55.4 Å². The minimum atomic E-state index is -6.13. The minimum absolute atomic E-state index is 0.0453. The van der Waals surface area contributed by atoms with Gasteiger partial charge in [-0.05, 0) is 55.5 Å². The number of aromatic nitrogens is 1. The number of halogens is 24. The van der Waals surface area contributed by atoms with Crippen molar-refractivity contribution in [2.45, 2.75) is 62.9 Å². The summed E-state index contributed by atoms with van der Waals surface area (Å²) in [7, 11) is 0. The van der Waals surface area contributed by atoms with Crippen LogP contribution >= 0.6 is 0 Å². The van der Waals surface area contributed by atoms with Gasteiger partial charge in [0.25, 0.3) is 5.69 Å². The van der Waals surface area contributed by atoms with Gasteiger partial charge in [-0.3, -0.25) is 4.79 Å². The van der Waals surface area contributed by atoms with Gasteiger partial charge in [0.2, 0.25) is 17.8 Å². The van der Waals surface area contributed by atoms with Crippen molar-refractivity contribution in [1.82, 2.24) is 0 Å². The molecule has 0 aliphatic heterocycles. The van der Waals surface area contributed by atoms with Gasteiger partial charge in [0.15, 0.2) is 0 Å². The molecule has 1 heterocycles. The van der Waals surface area contributed by atoms with Crippen molar-refractivity contribution in [2.24, 2.45) is 0 Å². The summed E-state index contributed by atoms with van der Waals surface area (Å²) < 4.78 is 348. The summed E-state index contributed by atoms with van der Waals surface area (Å²) >= 11 is 0. The van der Waals surface area contributed by atoms with Crippen LogP contribution in [0.25, 0.3) is 10.9 Å². The number of para-hydroxylation sites is 1. The zero-order valence-corrected chi connectivity index (χ0v) is 42.6. The van der Waals surface area contributed by atoms with E-state index in [4.69, 9.17) is 4.74 Å². The maximum atomic E-state index is 14.2. The second-order valence-electron chi connectivity index (χ2n) is 19.1. The lowest BCUT2D eigenvalue weighted by Crippen LogP contribution is -2.75. The Morgan fingerprint density at radius 2 is 0.674 bits per heavy atom. The predicted molar refractivity (Wildman–Crippen MR) is 261 cm³/mol. The van der Waals surface area contributed by atoms with E-state index in [1.807, 2.05) is 67.6 Å². The molecular weight excluding hydrogens is 1210 g/mol. The van der Waals surface area contributed by atoms with Crippen molar-refractivity contribution >= 4 is 50.7 Å². The Hall–Kier alpha value is -8.53. The average molecular weight is 1250 g/mol. The Bertz CT molecular complexity index is 3380. The topological polar surface area (TPSA) is 47.2 Å². The van der Waals surface area contributed by atoms with E-state index in [1.54, 1.807) is 34.9 Å². The fraction of sp³-hybridized carbons (Fsp3) is 0.175. The third-order valence-corrected chi connectivity index (χ3v) is 13.2. The maximum absolute atomic E-state index is 14.2. The molecule has 8 aromatic rings. The van der Waals surface area contributed by atoms with Crippen LogP contribution in [0.3, 0.4) is 0 Å². The third-order valence-electron chi connectivity index (χ3n) is 13.2. The highest BCUT2D eigenvalue weighted by molar-refractivity contribution is 7.20. The van der Waals surface area contributed by atoms with E-state index in [0.717, 1.165) is 16.5 Å². The van der Waals surface area contributed by atoms with Crippen LogP contribution in [-0.4, -0.2) is 17.9 Å². The second kappa shape index (κ2) is 23.1. The third kappa shape index (κ3) is 14.6. The van der Waals surface area contributed by atoms with Gasteiger partial charge in [-0.15, -0.1) is 0 Å². The van der Waals surface area contributed by atoms with Crippen LogP contribution in [0.5, 0.6) is 5.75 Å². The van der Waals surface area contributed by atoms with Gasteiger partial charge in [-0.1, -0.05) is 109 Å². The molecule has 0 aliphatic rings. The van der Waals surface area contributed by atoms with Crippen LogP contribution in [0.15, 0.2) is 164 Å². The van der Waals surface area contributed by atoms with Gasteiger partial charge in [0, 0.05) is 23.1 Å². The number of ether oxygens (including phenoxy) is 1. The molecule has 0 N–H and O–H groups in total. The highest BCUT2D eigenvalue weighted by atomic mass is 19.4. The number of Topliss-reactive ketones (excluding diaryl/α,β-unsaturated/α-hetero) is 1. The maximum Gasteiger partial charge on any atom is 0.416 e. The van der Waals surface area contributed by atoms with Gasteiger partial charge in [0.05, 0.1) is 44.5 Å². The number of hydrogen-bond acceptors (Lipinski definition) is 3. The van der Waals surface area contributed by atoms with E-state index in [0.29, 0.717) is 17.0 Å². The molecule has 0 radical (unpaired) electrons. The van der Waals surface area contributed by atoms with Crippen LogP contribution < -0.4 is 31.2 Å². The quantitative estimate of drug-likeness (QED) is 0.0361. The molecule has 7 aromatic carbocycles. The van der Waals surface area contributed by atoms with Gasteiger partial charge < -0.3 is 4.74 Å². The Morgan fingerprint density at radius 1 is 0.372 bits per heavy atom. The number of ketones is 1. The molecule has 1 aromatic heterocycles. The summed E-state index contributed by atoms with van der Waals surface area (Å²) in [6.07, 6.45) is -54.8. The van der Waals surface area contributed by atoms with Crippen LogP contribution in [0.4, 0.5) is 105 Å². The molecule has 0 fully saturated rings. The van der Waals surface area contributed by atoms with E-state index in [-0.39, 0.29) is 12.3 Å². The average Bonchev–Trinajstić information content (AvgIpc) is 0.720. The fourth-order valence-electron chi connectivity index (χ4n) is 9.31. The SMILES string of the molecule is Cc1ccc(OC(=O)c2ccc3ccccc3[n+]2CC(=O)c2ccccc2)cc1.FC(F)(F)c1cc([B-](c2cc(C(F)(F)F)cc(C(F)(F)F)c2)(c2cc(C(F)(F)F)cc(C(F)(F)F)c2)c2cc(C(F)(F)F)cc(C(F)(F)F)c2)cc(C(F)(F)F)c1. The zero-order chi connectivity index (χ0) is 64.1. The Labute approximate surface area is 467 Å². The van der Waals surface area contributed by atoms with Gasteiger partial charge in [-0.25, -0.2) is 4.79 Å². The monoisotopic (exact) mass is 1250 g/mol. The van der Waals surface area contributed by atoms with Crippen LogP contribution in [0.2, 0.25) is 0 Å². The number of hydrogen-bond donors (Lipinski definition) is 0. The molecule has 0 aliphatic carbocycles. The first-order valence-corrected chi connectivity index (χ1v) is 24.0. The summed E-state index contributed by atoms with van der Waals surface area (Å²) in [6.45, 7) is 2.02. The molecule has 0 spiro atoms. The Balaban J connectivity index is 0.000000302. The number of rotatable bonds is 9. The summed E-state index contributed by atoms with van der Waals surface area (Å²) in [6, 6.07) is 18.8. The molecule has 0 saturated carbocycles. The van der Waals surface area contributed by atoms with Crippen molar-refractivity contribution in [3.8, 4) is 5.75 Å². The highest BCUT2D eigenvalue weighted by Gasteiger charge is 2.47. The van der Waals surface area contributed by atoms with Crippen molar-refractivity contribution < 1.29 is 124 Å². The lowest BCUT2D eigenvalue weighted by Gasteiger charge is -2.46. The zero-order valence-electron chi connectivity index (χ0n) is 42.6. The lowest BCUT2D eigenvalue weighted by molar-refractivity contribution is -0.659. The van der Waals surface area contributed by atoms with E-state index >= 15 is 0 Å². The summed E-state index contributed by atoms with van der Waals surface area (Å²) in [5.74, 6) is -0.105. The van der Waals surface area contributed by atoms with Crippen molar-refractivity contribution in [3.63, 3.8) is 0 Å². The molecular formula is C57H32BF24NO3. The molecule has 29 heteroatoms. The summed E-state index contributed by atoms with van der Waals surface area (Å²) in [5.41, 5.74) is -27.4. The Kier molecular flexibility index (Phi) is 17.4. The summed E-state index contributed by atoms with van der Waals surface area (Å²) in [4.78, 5) is 25.8. The number of fused-ring (bicyclic) bond motifs is 1. The van der Waals surface area contributed by atoms with E-state index in [2.05, 4.69) is 0 Å². The molecule has 0 saturated heterocycles. The first-order chi connectivity index (χ1) is 39.4. The largest absolute Gasteiger partial charge is 0.419 e. The lowest BCUT2D eigenvalue weighted by atomic mass is 9.12. The smallest absolute Gasteiger partial charge is 0.416 e. The van der Waals surface area contributed by atoms with E-state index in [9.17, 15) is 115 Å². The first-order valence-electron chi connectivity index (χ1n) is 24.0. The number of aryl methyl sites for hydroxylation is 1. The molecule has 4 nitrogen and oxygen atoms in total. The molecule has 0 amide bonds. The number of pyridine rings is 1. The van der Waals surface area contributed by atoms with E-state index < -0.39 is 201 Å². The minimum Gasteiger partial charge on any atom is -0.419 e. The molecule has 86 heavy (non-hydrogen) atoms. The second-order valence-corrected chi connectivity index (χ2v) is 19.1. The first kappa shape index (κ1) is 65.0. The number of alkyl halides is 24. The molecule has 0 unspecified atom stereocenters. The van der Waals surface area contributed by atoms with Crippen LogP contribution in [0.1, 0.15) is 70.9 Å². The highest BCUT2D eigenvalue weighted by Crippen LogP contribution is 2.41. The number of carbonyl (C=O) groups is 2. The normalized spacial score (nSPS) is 13.1. The van der Waals surface area contributed by atoms with E-state index in [1.165, 1.54) is 0 Å². The predicted octanol–water partition coefficient (Wildman–Crippen LogP) is 15.8. The summed E-state index contributed by atoms with van der Waals surface area (Å²) in [5, 5.41) is 0.945. The number of nitrogens with zero attached hydrogens (tertiary/aromatic N) is 1. The molecule has 8 rings (SSSR count). The van der Waals surface area contributed by atoms with Crippen molar-refractivity contribution in [1.29, 1.82) is 0 Å². The fourth-order valence-corrected chi connectivity index (χ4v) is 9.31. The van der Waals surface area contributed by atoms with Gasteiger partial charge in [-0.2, -0.15) is 132 Å². The standard InChI is InChI=1S/C32H12BF24.C25H20NO3/c34-25(35,36)13-1-14(26(37,38)39)6-21(5-13)33(22-7-15(27(40,41)42)2-16(8-22)28(43,44)45,23-9-17(29(46,47)48)3-18(10-23)30(49,50)51)24-11-19(31(52,53)54)4-20(12-24)32(55,56)57;1-18-11-14-21(15-12-18)29-25(28)23-16-13-19-7-5-6-10-22(19)26(23)17-24(27)20-8-3-2-4-9-20/h1-12H;2-16H,17H2,1H3/q-1;+1. The van der Waals surface area contributed by atoms with Crippen LogP contribution in [-0.2, 0) is 56.0 Å². The molecule has 0 atom stereocenters. The number of esters is 1. The Morgan fingerprint density at radius 3 is 0.988 bits per heavy atom. The van der Waals surface area contributed by atoms with Crippen molar-refractivity contribution in [2.75, 3.05) is 0 Å². The number of benzene rings is 7. The van der Waals surface area contributed by atoms with Gasteiger partial charge in [0.1, 0.15) is 11.9 Å². The number of carbonyl (C=O) groups excluding carboxylic acids is 2.